The summed E-state index contributed by atoms with van der Waals surface area (Å²) in [5, 5.41) is 3.26. The molecule has 0 radical (unpaired) electrons. The molecule has 2 amide bonds. The molecule has 2 aliphatic rings. The van der Waals surface area contributed by atoms with Gasteiger partial charge in [0.2, 0.25) is 11.8 Å². The van der Waals surface area contributed by atoms with Crippen LogP contribution >= 0.6 is 11.6 Å². The minimum absolute atomic E-state index is 0.105. The maximum Gasteiger partial charge on any atom is 0.247 e. The zero-order chi connectivity index (χ0) is 25.6. The van der Waals surface area contributed by atoms with E-state index in [0.29, 0.717) is 13.2 Å². The molecule has 6 heteroatoms. The Balaban J connectivity index is 1.76. The van der Waals surface area contributed by atoms with Gasteiger partial charge in [0.1, 0.15) is 17.7 Å². The van der Waals surface area contributed by atoms with Gasteiger partial charge in [-0.2, -0.15) is 0 Å². The highest BCUT2D eigenvalue weighted by molar-refractivity contribution is 6.27. The molecule has 1 unspecified atom stereocenters. The minimum atomic E-state index is -0.694. The van der Waals surface area contributed by atoms with Gasteiger partial charge >= 0.3 is 0 Å². The fourth-order valence-electron chi connectivity index (χ4n) is 5.34. The zero-order valence-electron chi connectivity index (χ0n) is 22.1. The number of allylic oxidation sites excluding steroid dienone is 1. The highest BCUT2D eigenvalue weighted by Crippen LogP contribution is 2.28. The van der Waals surface area contributed by atoms with Crippen molar-refractivity contribution in [2.75, 3.05) is 19.0 Å². The monoisotopic (exact) mass is 516 g/mol. The van der Waals surface area contributed by atoms with E-state index in [1.165, 1.54) is 44.1 Å². The van der Waals surface area contributed by atoms with Crippen molar-refractivity contribution in [1.29, 1.82) is 0 Å². The van der Waals surface area contributed by atoms with Crippen LogP contribution in [0.25, 0.3) is 0 Å². The predicted octanol–water partition coefficient (Wildman–Crippen LogP) is 7.09. The summed E-state index contributed by atoms with van der Waals surface area (Å²) in [5.74, 6) is 0.356. The number of nitrogens with zero attached hydrogens (tertiary/aromatic N) is 1. The topological polar surface area (TPSA) is 58.6 Å². The van der Waals surface area contributed by atoms with Crippen LogP contribution in [-0.2, 0) is 9.59 Å². The molecule has 0 aliphatic heterocycles. The molecule has 0 bridgehead atoms. The van der Waals surface area contributed by atoms with Crippen LogP contribution in [0.2, 0.25) is 0 Å². The molecule has 1 aromatic carbocycles. The smallest absolute Gasteiger partial charge is 0.247 e. The Kier molecular flexibility index (Phi) is 12.7. The van der Waals surface area contributed by atoms with E-state index in [4.69, 9.17) is 16.3 Å². The Labute approximate surface area is 223 Å². The lowest BCUT2D eigenvalue weighted by molar-refractivity contribution is -0.139. The van der Waals surface area contributed by atoms with Crippen molar-refractivity contribution in [2.45, 2.75) is 109 Å². The highest BCUT2D eigenvalue weighted by atomic mass is 35.5. The summed E-state index contributed by atoms with van der Waals surface area (Å²) in [4.78, 5) is 28.4. The van der Waals surface area contributed by atoms with E-state index in [-0.39, 0.29) is 23.7 Å². The molecule has 1 saturated carbocycles. The third-order valence-corrected chi connectivity index (χ3v) is 7.70. The maximum atomic E-state index is 13.7. The summed E-state index contributed by atoms with van der Waals surface area (Å²) in [5.41, 5.74) is 2.18. The number of hydrogen-bond acceptors (Lipinski definition) is 3. The number of unbranched alkanes of at least 4 members (excludes halogenated alkanes) is 3. The molecule has 200 valence electrons. The maximum absolute atomic E-state index is 13.7. The van der Waals surface area contributed by atoms with Crippen LogP contribution < -0.4 is 10.1 Å². The Morgan fingerprint density at radius 3 is 2.50 bits per heavy atom. The number of amides is 2. The summed E-state index contributed by atoms with van der Waals surface area (Å²) >= 11 is 6.06. The number of rotatable bonds is 14. The van der Waals surface area contributed by atoms with Gasteiger partial charge in [0.15, 0.2) is 0 Å². The third kappa shape index (κ3) is 9.14. The molecular formula is C30H45ClN2O3. The summed E-state index contributed by atoms with van der Waals surface area (Å²) in [6.07, 6.45) is 17.8. The van der Waals surface area contributed by atoms with E-state index < -0.39 is 6.04 Å². The lowest BCUT2D eigenvalue weighted by Crippen LogP contribution is -2.47. The Morgan fingerprint density at radius 2 is 1.83 bits per heavy atom. The Bertz CT molecular complexity index is 833. The van der Waals surface area contributed by atoms with Crippen molar-refractivity contribution < 1.29 is 14.3 Å². The first-order valence-electron chi connectivity index (χ1n) is 14.2. The predicted molar refractivity (Wildman–Crippen MR) is 147 cm³/mol. The second-order valence-corrected chi connectivity index (χ2v) is 10.6. The normalized spacial score (nSPS) is 17.2. The van der Waals surface area contributed by atoms with E-state index in [1.807, 2.05) is 24.3 Å². The summed E-state index contributed by atoms with van der Waals surface area (Å²) in [7, 11) is 0. The van der Waals surface area contributed by atoms with Gasteiger partial charge < -0.3 is 15.0 Å². The Morgan fingerprint density at radius 1 is 1.06 bits per heavy atom. The molecule has 1 fully saturated rings. The van der Waals surface area contributed by atoms with E-state index in [0.717, 1.165) is 62.7 Å². The van der Waals surface area contributed by atoms with Crippen molar-refractivity contribution in [3.05, 3.63) is 41.5 Å². The number of ether oxygens (including phenoxy) is 1. The zero-order valence-corrected chi connectivity index (χ0v) is 22.9. The first-order chi connectivity index (χ1) is 17.6. The van der Waals surface area contributed by atoms with Gasteiger partial charge in [-0.3, -0.25) is 9.59 Å². The third-order valence-electron chi connectivity index (χ3n) is 7.47. The molecular weight excluding hydrogens is 472 g/mol. The number of alkyl halides is 1. The number of carbonyl (C=O) groups is 2. The lowest BCUT2D eigenvalue weighted by Gasteiger charge is -2.33. The van der Waals surface area contributed by atoms with Crippen LogP contribution in [0.3, 0.4) is 0 Å². The number of halogens is 1. The molecule has 1 atom stereocenters. The molecule has 36 heavy (non-hydrogen) atoms. The van der Waals surface area contributed by atoms with Gasteiger partial charge in [-0.1, -0.05) is 69.2 Å². The summed E-state index contributed by atoms with van der Waals surface area (Å²) in [6.45, 7) is 3.39. The van der Waals surface area contributed by atoms with E-state index >= 15 is 0 Å². The van der Waals surface area contributed by atoms with Gasteiger partial charge in [-0.05, 0) is 69.1 Å². The fraction of sp³-hybridized carbons (Fsp3) is 0.667. The SMILES string of the molecule is CCCCCCOc1ccc(C(C(=O)NC2CCCCC2)N(CCC2=CCCCC2)C(=O)CCl)cc1. The summed E-state index contributed by atoms with van der Waals surface area (Å²) < 4.78 is 5.92. The number of hydrogen-bond donors (Lipinski definition) is 1. The molecule has 0 spiro atoms. The average molecular weight is 517 g/mol. The number of carbonyl (C=O) groups excluding carboxylic acids is 2. The second kappa shape index (κ2) is 16.0. The van der Waals surface area contributed by atoms with Crippen LogP contribution in [0, 0.1) is 0 Å². The van der Waals surface area contributed by atoms with Gasteiger partial charge in [0.05, 0.1) is 6.61 Å². The molecule has 1 N–H and O–H groups in total. The van der Waals surface area contributed by atoms with Crippen molar-refractivity contribution >= 4 is 23.4 Å². The van der Waals surface area contributed by atoms with E-state index in [2.05, 4.69) is 18.3 Å². The molecule has 0 saturated heterocycles. The van der Waals surface area contributed by atoms with E-state index in [9.17, 15) is 9.59 Å². The van der Waals surface area contributed by atoms with Crippen molar-refractivity contribution in [2.24, 2.45) is 0 Å². The van der Waals surface area contributed by atoms with Crippen molar-refractivity contribution in [3.8, 4) is 5.75 Å². The van der Waals surface area contributed by atoms with Crippen LogP contribution in [0.1, 0.15) is 108 Å². The van der Waals surface area contributed by atoms with Gasteiger partial charge in [0.25, 0.3) is 0 Å². The quantitative estimate of drug-likeness (QED) is 0.163. The average Bonchev–Trinajstić information content (AvgIpc) is 2.92. The molecule has 0 aromatic heterocycles. The van der Waals surface area contributed by atoms with E-state index in [1.54, 1.807) is 4.90 Å². The van der Waals surface area contributed by atoms with Crippen LogP contribution in [0.4, 0.5) is 0 Å². The van der Waals surface area contributed by atoms with Gasteiger partial charge in [-0.25, -0.2) is 0 Å². The lowest BCUT2D eigenvalue weighted by atomic mass is 9.94. The molecule has 0 heterocycles. The van der Waals surface area contributed by atoms with Gasteiger partial charge in [-0.15, -0.1) is 11.6 Å². The summed E-state index contributed by atoms with van der Waals surface area (Å²) in [6, 6.07) is 7.18. The molecule has 5 nitrogen and oxygen atoms in total. The fourth-order valence-corrected chi connectivity index (χ4v) is 5.49. The molecule has 1 aromatic rings. The number of benzene rings is 1. The first kappa shape index (κ1) is 28.6. The number of nitrogens with one attached hydrogen (secondary N) is 1. The largest absolute Gasteiger partial charge is 0.494 e. The van der Waals surface area contributed by atoms with Crippen LogP contribution in [-0.4, -0.2) is 41.8 Å². The van der Waals surface area contributed by atoms with Crippen LogP contribution in [0.5, 0.6) is 5.75 Å². The molecule has 2 aliphatic carbocycles. The van der Waals surface area contributed by atoms with Gasteiger partial charge in [0, 0.05) is 12.6 Å². The van der Waals surface area contributed by atoms with Crippen molar-refractivity contribution in [3.63, 3.8) is 0 Å². The second-order valence-electron chi connectivity index (χ2n) is 10.3. The Hall–Kier alpha value is -2.01. The standard InChI is InChI=1S/C30H45ClN2O3/c1-2-3-4-11-22-36-27-18-16-25(17-19-27)29(30(35)32-26-14-9-6-10-15-26)33(28(34)23-31)21-20-24-12-7-5-8-13-24/h12,16-19,26,29H,2-11,13-15,20-23H2,1H3,(H,32,35). The van der Waals surface area contributed by atoms with Crippen LogP contribution in [0.15, 0.2) is 35.9 Å². The van der Waals surface area contributed by atoms with Crippen molar-refractivity contribution in [1.82, 2.24) is 10.2 Å². The first-order valence-corrected chi connectivity index (χ1v) is 14.7. The highest BCUT2D eigenvalue weighted by Gasteiger charge is 2.32. The minimum Gasteiger partial charge on any atom is -0.494 e. The molecule has 3 rings (SSSR count).